The van der Waals surface area contributed by atoms with Crippen molar-refractivity contribution in [2.45, 2.75) is 379 Å². The summed E-state index contributed by atoms with van der Waals surface area (Å²) >= 11 is 0. The molecule has 9 heteroatoms. The Hall–Kier alpha value is -3.27. The molecule has 90 heavy (non-hydrogen) atoms. The molecule has 0 saturated carbocycles. The van der Waals surface area contributed by atoms with Crippen LogP contribution in [-0.2, 0) is 33.3 Å². The van der Waals surface area contributed by atoms with Crippen LogP contribution in [-0.4, -0.2) is 82.3 Å². The molecule has 0 spiro atoms. The van der Waals surface area contributed by atoms with E-state index in [-0.39, 0.29) is 32.2 Å². The van der Waals surface area contributed by atoms with Gasteiger partial charge in [-0.1, -0.05) is 363 Å². The number of carbonyl (C=O) groups is 3. The van der Waals surface area contributed by atoms with Crippen molar-refractivity contribution >= 4 is 17.9 Å². The van der Waals surface area contributed by atoms with Gasteiger partial charge in [0.1, 0.15) is 13.2 Å². The smallest absolute Gasteiger partial charge is 0.306 e. The predicted octanol–water partition coefficient (Wildman–Crippen LogP) is 23.1. The molecular weight excluding hydrogens is 1110 g/mol. The highest BCUT2D eigenvalue weighted by molar-refractivity contribution is 5.70. The van der Waals surface area contributed by atoms with Crippen molar-refractivity contribution in [3.63, 3.8) is 0 Å². The number of aliphatic carboxylic acids is 1. The van der Waals surface area contributed by atoms with Crippen LogP contribution in [0.5, 0.6) is 0 Å². The zero-order valence-corrected chi connectivity index (χ0v) is 60.0. The number of ether oxygens (including phenoxy) is 4. The van der Waals surface area contributed by atoms with Gasteiger partial charge in [0, 0.05) is 12.8 Å². The van der Waals surface area contributed by atoms with Gasteiger partial charge in [-0.25, -0.2) is 0 Å². The maximum atomic E-state index is 13.0. The second kappa shape index (κ2) is 71.6. The van der Waals surface area contributed by atoms with Crippen LogP contribution in [0.2, 0.25) is 0 Å². The normalized spacial score (nSPS) is 13.0. The number of rotatable bonds is 72. The van der Waals surface area contributed by atoms with Crippen LogP contribution in [0, 0.1) is 0 Å². The fourth-order valence-electron chi connectivity index (χ4n) is 11.4. The molecule has 0 bridgehead atoms. The third-order valence-corrected chi connectivity index (χ3v) is 17.2. The highest BCUT2D eigenvalue weighted by Crippen LogP contribution is 2.19. The Bertz CT molecular complexity index is 1710. The van der Waals surface area contributed by atoms with E-state index >= 15 is 0 Å². The van der Waals surface area contributed by atoms with Gasteiger partial charge in [0.05, 0.1) is 40.3 Å². The van der Waals surface area contributed by atoms with Gasteiger partial charge in [0.2, 0.25) is 0 Å². The summed E-state index contributed by atoms with van der Waals surface area (Å²) in [7, 11) is 5.94. The Morgan fingerprint density at radius 1 is 0.344 bits per heavy atom. The number of allylic oxidation sites excluding steroid dienone is 12. The molecule has 0 aliphatic carbocycles. The zero-order chi connectivity index (χ0) is 65.4. The lowest BCUT2D eigenvalue weighted by atomic mass is 10.0. The number of carboxylic acid groups (broad SMARTS) is 1. The molecule has 0 amide bonds. The van der Waals surface area contributed by atoms with Gasteiger partial charge in [-0.15, -0.1) is 0 Å². The fourth-order valence-corrected chi connectivity index (χ4v) is 11.4. The summed E-state index contributed by atoms with van der Waals surface area (Å²) in [5.74, 6) is -2.26. The number of carboxylic acids is 1. The van der Waals surface area contributed by atoms with E-state index in [0.29, 0.717) is 23.9 Å². The maximum Gasteiger partial charge on any atom is 0.306 e. The number of likely N-dealkylation sites (N-methyl/N-ethyl adjacent to an activating group) is 1. The summed E-state index contributed by atoms with van der Waals surface area (Å²) in [6.07, 6.45) is 93.0. The maximum absolute atomic E-state index is 13.0. The van der Waals surface area contributed by atoms with Crippen LogP contribution in [0.15, 0.2) is 72.9 Å². The van der Waals surface area contributed by atoms with Crippen molar-refractivity contribution in [3.05, 3.63) is 72.9 Å². The van der Waals surface area contributed by atoms with E-state index in [9.17, 15) is 19.5 Å². The molecule has 2 atom stereocenters. The SMILES string of the molecule is CC/C=C\C/C=C\C/C=C\C/C=C\C/C=C\C/C=C\CCCCCCCCCCCCCCCCC(=O)OC(COC(=O)CCCCCCCCCCCCCCCCCCCCCCCCCCCCCCCCCC)COC(OCC[N+](C)(C)C)C(=O)[O-]. The van der Waals surface area contributed by atoms with Crippen molar-refractivity contribution < 1.29 is 42.9 Å². The van der Waals surface area contributed by atoms with Gasteiger partial charge < -0.3 is 33.3 Å². The fraction of sp³-hybridized carbons (Fsp3) is 0.815. The van der Waals surface area contributed by atoms with E-state index in [1.807, 2.05) is 21.1 Å². The summed E-state index contributed by atoms with van der Waals surface area (Å²) in [6, 6.07) is 0. The number of esters is 2. The molecule has 0 fully saturated rings. The number of quaternary nitrogens is 1. The molecule has 2 unspecified atom stereocenters. The molecule has 0 rings (SSSR count). The first-order valence-electron chi connectivity index (χ1n) is 38.6. The minimum absolute atomic E-state index is 0.148. The molecule has 0 aromatic heterocycles. The minimum atomic E-state index is -1.62. The summed E-state index contributed by atoms with van der Waals surface area (Å²) in [5.41, 5.74) is 0. The minimum Gasteiger partial charge on any atom is -0.545 e. The van der Waals surface area contributed by atoms with E-state index in [4.69, 9.17) is 18.9 Å². The van der Waals surface area contributed by atoms with Crippen molar-refractivity contribution in [3.8, 4) is 0 Å². The Balaban J connectivity index is 4.03. The molecule has 0 aliphatic rings. The summed E-state index contributed by atoms with van der Waals surface area (Å²) in [4.78, 5) is 37.6. The van der Waals surface area contributed by atoms with Crippen LogP contribution in [0.1, 0.15) is 367 Å². The molecule has 0 radical (unpaired) electrons. The lowest BCUT2D eigenvalue weighted by Crippen LogP contribution is -2.44. The average molecular weight is 1260 g/mol. The van der Waals surface area contributed by atoms with Crippen LogP contribution in [0.3, 0.4) is 0 Å². The molecule has 524 valence electrons. The lowest BCUT2D eigenvalue weighted by molar-refractivity contribution is -0.870. The molecule has 0 aromatic rings. The molecule has 0 heterocycles. The van der Waals surface area contributed by atoms with Gasteiger partial charge in [-0.2, -0.15) is 0 Å². The quantitative estimate of drug-likeness (QED) is 0.0195. The molecule has 9 nitrogen and oxygen atoms in total. The van der Waals surface area contributed by atoms with Gasteiger partial charge >= 0.3 is 11.9 Å². The summed E-state index contributed by atoms with van der Waals surface area (Å²) in [6.45, 7) is 4.69. The monoisotopic (exact) mass is 1260 g/mol. The molecule has 0 saturated heterocycles. The highest BCUT2D eigenvalue weighted by Gasteiger charge is 2.22. The lowest BCUT2D eigenvalue weighted by Gasteiger charge is -2.26. The van der Waals surface area contributed by atoms with Crippen molar-refractivity contribution in [1.29, 1.82) is 0 Å². The van der Waals surface area contributed by atoms with Crippen LogP contribution in [0.4, 0.5) is 0 Å². The van der Waals surface area contributed by atoms with Gasteiger partial charge in [-0.3, -0.25) is 9.59 Å². The van der Waals surface area contributed by atoms with Crippen molar-refractivity contribution in [2.24, 2.45) is 0 Å². The van der Waals surface area contributed by atoms with Crippen LogP contribution < -0.4 is 5.11 Å². The second-order valence-electron chi connectivity index (χ2n) is 27.3. The summed E-state index contributed by atoms with van der Waals surface area (Å²) < 4.78 is 22.9. The number of nitrogens with zero attached hydrogens (tertiary/aromatic N) is 1. The third kappa shape index (κ3) is 72.2. The van der Waals surface area contributed by atoms with Gasteiger partial charge in [0.15, 0.2) is 12.4 Å². The molecule has 0 aliphatic heterocycles. The second-order valence-corrected chi connectivity index (χ2v) is 27.3. The average Bonchev–Trinajstić information content (AvgIpc) is 3.72. The van der Waals surface area contributed by atoms with E-state index in [0.717, 1.165) is 77.0 Å². The van der Waals surface area contributed by atoms with E-state index < -0.39 is 24.3 Å². The summed E-state index contributed by atoms with van der Waals surface area (Å²) in [5, 5.41) is 11.9. The Kier molecular flexibility index (Phi) is 69.0. The van der Waals surface area contributed by atoms with E-state index in [1.54, 1.807) is 0 Å². The largest absolute Gasteiger partial charge is 0.545 e. The first-order valence-corrected chi connectivity index (χ1v) is 38.6. The molecule has 0 N–H and O–H groups in total. The number of unbranched alkanes of at least 4 members (excludes halogenated alkanes) is 45. The molecular formula is C81H147NO8. The standard InChI is InChI=1S/C81H147NO8/c1-6-8-10-12-14-16-18-20-22-24-26-28-30-32-34-36-38-40-42-44-46-48-50-52-54-56-58-60-62-64-66-68-70-72-79(84)90-77(76-89-81(80(85)86)87-74-73-82(3,4)5)75-88-78(83)71-69-67-65-63-61-59-57-55-53-51-49-47-45-43-41-39-37-35-33-31-29-27-25-23-21-19-17-15-13-11-9-7-2/h8,10,14,16,20,22,26,28,32,34,38,40,77,81H,6-7,9,11-13,15,17-19,21,23-25,27,29-31,33,35-37,39,41-76H2,1-5H3/b10-8-,16-14-,22-20-,28-26-,34-32-,40-38-. The Morgan fingerprint density at radius 3 is 0.944 bits per heavy atom. The van der Waals surface area contributed by atoms with Crippen LogP contribution in [0.25, 0.3) is 0 Å². The first kappa shape index (κ1) is 86.7. The first-order chi connectivity index (χ1) is 44.1. The highest BCUT2D eigenvalue weighted by atomic mass is 16.7. The third-order valence-electron chi connectivity index (χ3n) is 17.2. The van der Waals surface area contributed by atoms with Gasteiger partial charge in [0.25, 0.3) is 0 Å². The Morgan fingerprint density at radius 2 is 0.633 bits per heavy atom. The van der Waals surface area contributed by atoms with Crippen LogP contribution >= 0.6 is 0 Å². The number of carbonyl (C=O) groups excluding carboxylic acids is 3. The zero-order valence-electron chi connectivity index (χ0n) is 60.0. The molecule has 0 aromatic carbocycles. The topological polar surface area (TPSA) is 111 Å². The van der Waals surface area contributed by atoms with E-state index in [1.165, 1.54) is 257 Å². The Labute approximate surface area is 557 Å². The van der Waals surface area contributed by atoms with Crippen molar-refractivity contribution in [2.75, 3.05) is 47.5 Å². The van der Waals surface area contributed by atoms with Crippen molar-refractivity contribution in [1.82, 2.24) is 0 Å². The number of hydrogen-bond donors (Lipinski definition) is 0. The van der Waals surface area contributed by atoms with E-state index in [2.05, 4.69) is 86.8 Å². The number of hydrogen-bond acceptors (Lipinski definition) is 8. The van der Waals surface area contributed by atoms with Gasteiger partial charge in [-0.05, 0) is 64.2 Å². The predicted molar refractivity (Wildman–Crippen MR) is 385 cm³/mol.